The number of non-ortho nitro benzene ring substituents is 1. The summed E-state index contributed by atoms with van der Waals surface area (Å²) in [5.74, 6) is 13.0. The predicted octanol–water partition coefficient (Wildman–Crippen LogP) is 4.11. The summed E-state index contributed by atoms with van der Waals surface area (Å²) < 4.78 is 27.3. The molecule has 0 amide bonds. The molecule has 0 aliphatic heterocycles. The molecule has 0 unspecified atom stereocenters. The summed E-state index contributed by atoms with van der Waals surface area (Å²) in [5.41, 5.74) is 2.28. The molecule has 3 aromatic rings. The van der Waals surface area contributed by atoms with Gasteiger partial charge >= 0.3 is 0 Å². The van der Waals surface area contributed by atoms with Gasteiger partial charge in [0.2, 0.25) is 0 Å². The Kier molecular flexibility index (Phi) is 7.50. The standard InChI is InChI=1S/C26H18N2O4S/c1-22-12-18-26(19-13-22)33(31,32)27(21-24-10-6-4-7-11-24)20-8-3-2-5-9-23-14-16-25(17-15-23)28(29)30/h4,6-7,10-19H,21H2,1H3. The van der Waals surface area contributed by atoms with Crippen molar-refractivity contribution in [2.45, 2.75) is 18.4 Å². The minimum atomic E-state index is -3.86. The van der Waals surface area contributed by atoms with Crippen molar-refractivity contribution in [3.8, 4) is 35.6 Å². The first kappa shape index (κ1) is 23.2. The molecule has 3 rings (SSSR count). The van der Waals surface area contributed by atoms with Gasteiger partial charge in [0.05, 0.1) is 16.4 Å². The van der Waals surface area contributed by atoms with Crippen LogP contribution in [0.15, 0.2) is 83.8 Å². The fourth-order valence-corrected chi connectivity index (χ4v) is 3.91. The summed E-state index contributed by atoms with van der Waals surface area (Å²) >= 11 is 0. The van der Waals surface area contributed by atoms with E-state index in [4.69, 9.17) is 0 Å². The van der Waals surface area contributed by atoms with Crippen molar-refractivity contribution in [1.82, 2.24) is 4.31 Å². The highest BCUT2D eigenvalue weighted by Crippen LogP contribution is 2.18. The van der Waals surface area contributed by atoms with Gasteiger partial charge in [0.25, 0.3) is 15.7 Å². The van der Waals surface area contributed by atoms with E-state index in [1.165, 1.54) is 24.3 Å². The molecule has 0 saturated carbocycles. The van der Waals surface area contributed by atoms with Crippen molar-refractivity contribution in [3.05, 3.63) is 106 Å². The second-order valence-corrected chi connectivity index (χ2v) is 8.71. The molecule has 7 heteroatoms. The number of rotatable bonds is 5. The van der Waals surface area contributed by atoms with Crippen molar-refractivity contribution in [1.29, 1.82) is 0 Å². The molecule has 33 heavy (non-hydrogen) atoms. The van der Waals surface area contributed by atoms with Gasteiger partial charge in [-0.3, -0.25) is 10.1 Å². The molecule has 0 heterocycles. The molecule has 0 radical (unpaired) electrons. The molecule has 0 bridgehead atoms. The van der Waals surface area contributed by atoms with Gasteiger partial charge in [-0.1, -0.05) is 53.9 Å². The maximum atomic E-state index is 13.1. The summed E-state index contributed by atoms with van der Waals surface area (Å²) in [6, 6.07) is 24.1. The summed E-state index contributed by atoms with van der Waals surface area (Å²) in [7, 11) is -3.86. The third-order valence-electron chi connectivity index (χ3n) is 4.43. The van der Waals surface area contributed by atoms with Gasteiger partial charge in [0.1, 0.15) is 0 Å². The first-order chi connectivity index (χ1) is 15.9. The van der Waals surface area contributed by atoms with E-state index < -0.39 is 14.9 Å². The number of nitro benzene ring substituents is 1. The fraction of sp³-hybridized carbons (Fsp3) is 0.0769. The van der Waals surface area contributed by atoms with Crippen LogP contribution in [0.5, 0.6) is 0 Å². The molecule has 0 atom stereocenters. The van der Waals surface area contributed by atoms with E-state index in [1.54, 1.807) is 24.3 Å². The Bertz CT molecular complexity index is 1430. The van der Waals surface area contributed by atoms with E-state index >= 15 is 0 Å². The zero-order valence-corrected chi connectivity index (χ0v) is 18.5. The average Bonchev–Trinajstić information content (AvgIpc) is 2.81. The lowest BCUT2D eigenvalue weighted by atomic mass is 10.2. The highest BCUT2D eigenvalue weighted by molar-refractivity contribution is 7.89. The van der Waals surface area contributed by atoms with Crippen molar-refractivity contribution >= 4 is 15.7 Å². The summed E-state index contributed by atoms with van der Waals surface area (Å²) in [6.07, 6.45) is 0. The number of benzene rings is 3. The lowest BCUT2D eigenvalue weighted by molar-refractivity contribution is -0.384. The van der Waals surface area contributed by atoms with Crippen molar-refractivity contribution < 1.29 is 13.3 Å². The van der Waals surface area contributed by atoms with Crippen LogP contribution in [0.25, 0.3) is 0 Å². The maximum Gasteiger partial charge on any atom is 0.271 e. The van der Waals surface area contributed by atoms with Crippen molar-refractivity contribution in [2.75, 3.05) is 0 Å². The van der Waals surface area contributed by atoms with Gasteiger partial charge in [-0.05, 0) is 48.6 Å². The molecule has 0 aliphatic carbocycles. The second kappa shape index (κ2) is 10.7. The highest BCUT2D eigenvalue weighted by atomic mass is 32.2. The monoisotopic (exact) mass is 454 g/mol. The van der Waals surface area contributed by atoms with Gasteiger partial charge in [-0.25, -0.2) is 12.7 Å². The van der Waals surface area contributed by atoms with E-state index in [9.17, 15) is 18.5 Å². The SMILES string of the molecule is Cc1ccc(S(=O)(=O)N(C#CC#CC#Cc2ccc([N+](=O)[O-])cc2)Cc2ccccc2)cc1. The van der Waals surface area contributed by atoms with Gasteiger partial charge in [-0.2, -0.15) is 0 Å². The first-order valence-electron chi connectivity index (χ1n) is 9.76. The Balaban J connectivity index is 1.82. The molecule has 0 saturated heterocycles. The molecule has 0 spiro atoms. The molecule has 162 valence electrons. The molecule has 0 N–H and O–H groups in total. The first-order valence-corrected chi connectivity index (χ1v) is 11.2. The summed E-state index contributed by atoms with van der Waals surface area (Å²) in [6.45, 7) is 1.95. The summed E-state index contributed by atoms with van der Waals surface area (Å²) in [5, 5.41) is 10.7. The van der Waals surface area contributed by atoms with Gasteiger partial charge in [-0.15, -0.1) is 0 Å². The minimum absolute atomic E-state index is 0.0224. The smallest absolute Gasteiger partial charge is 0.258 e. The topological polar surface area (TPSA) is 80.5 Å². The Morgan fingerprint density at radius 3 is 2.12 bits per heavy atom. The lowest BCUT2D eigenvalue weighted by Gasteiger charge is -2.18. The Morgan fingerprint density at radius 1 is 0.848 bits per heavy atom. The Hall–Kier alpha value is -4.51. The average molecular weight is 455 g/mol. The van der Waals surface area contributed by atoms with Crippen LogP contribution in [-0.2, 0) is 16.6 Å². The van der Waals surface area contributed by atoms with E-state index in [2.05, 4.69) is 35.6 Å². The van der Waals surface area contributed by atoms with Crippen LogP contribution in [0.2, 0.25) is 0 Å². The fourth-order valence-electron chi connectivity index (χ4n) is 2.69. The van der Waals surface area contributed by atoms with E-state index in [-0.39, 0.29) is 17.1 Å². The van der Waals surface area contributed by atoms with Crippen LogP contribution in [0.3, 0.4) is 0 Å². The van der Waals surface area contributed by atoms with Gasteiger partial charge in [0.15, 0.2) is 0 Å². The molecule has 0 aliphatic rings. The lowest BCUT2D eigenvalue weighted by Crippen LogP contribution is -2.26. The van der Waals surface area contributed by atoms with E-state index in [0.717, 1.165) is 15.4 Å². The van der Waals surface area contributed by atoms with E-state index in [1.807, 2.05) is 37.3 Å². The Morgan fingerprint density at radius 2 is 1.48 bits per heavy atom. The quantitative estimate of drug-likeness (QED) is 0.252. The molecular weight excluding hydrogens is 436 g/mol. The van der Waals surface area contributed by atoms with Crippen LogP contribution >= 0.6 is 0 Å². The largest absolute Gasteiger partial charge is 0.271 e. The molecule has 6 nitrogen and oxygen atoms in total. The maximum absolute atomic E-state index is 13.1. The third-order valence-corrected chi connectivity index (χ3v) is 6.10. The van der Waals surface area contributed by atoms with Crippen LogP contribution in [0, 0.1) is 52.7 Å². The number of hydrogen-bond acceptors (Lipinski definition) is 4. The summed E-state index contributed by atoms with van der Waals surface area (Å²) in [4.78, 5) is 10.3. The highest BCUT2D eigenvalue weighted by Gasteiger charge is 2.22. The van der Waals surface area contributed by atoms with Crippen LogP contribution < -0.4 is 0 Å². The van der Waals surface area contributed by atoms with Crippen LogP contribution in [0.4, 0.5) is 5.69 Å². The number of aryl methyl sites for hydroxylation is 1. The zero-order valence-electron chi connectivity index (χ0n) is 17.6. The van der Waals surface area contributed by atoms with Crippen LogP contribution in [0.1, 0.15) is 16.7 Å². The number of hydrogen-bond donors (Lipinski definition) is 0. The Labute approximate surface area is 193 Å². The predicted molar refractivity (Wildman–Crippen MR) is 126 cm³/mol. The molecule has 0 fully saturated rings. The molecule has 3 aromatic carbocycles. The van der Waals surface area contributed by atoms with Gasteiger partial charge < -0.3 is 0 Å². The van der Waals surface area contributed by atoms with Crippen molar-refractivity contribution in [3.63, 3.8) is 0 Å². The van der Waals surface area contributed by atoms with Gasteiger partial charge in [0, 0.05) is 35.6 Å². The number of nitro groups is 1. The number of nitrogens with zero attached hydrogens (tertiary/aromatic N) is 2. The van der Waals surface area contributed by atoms with E-state index in [0.29, 0.717) is 5.56 Å². The van der Waals surface area contributed by atoms with Crippen molar-refractivity contribution in [2.24, 2.45) is 0 Å². The minimum Gasteiger partial charge on any atom is -0.258 e. The normalized spacial score (nSPS) is 9.85. The molecular formula is C26H18N2O4S. The zero-order chi connectivity index (χ0) is 23.7. The second-order valence-electron chi connectivity index (χ2n) is 6.85. The molecule has 0 aromatic heterocycles. The van der Waals surface area contributed by atoms with Crippen LogP contribution in [-0.4, -0.2) is 17.6 Å². The number of sulfonamides is 1. The third kappa shape index (κ3) is 6.48.